The Labute approximate surface area is 151 Å². The van der Waals surface area contributed by atoms with Crippen molar-refractivity contribution >= 4 is 5.96 Å². The van der Waals surface area contributed by atoms with Crippen LogP contribution in [0.5, 0.6) is 0 Å². The summed E-state index contributed by atoms with van der Waals surface area (Å²) >= 11 is 0. The molecule has 25 heavy (non-hydrogen) atoms. The first-order chi connectivity index (χ1) is 12.0. The van der Waals surface area contributed by atoms with E-state index in [-0.39, 0.29) is 6.04 Å². The molecule has 0 radical (unpaired) electrons. The van der Waals surface area contributed by atoms with Crippen LogP contribution < -0.4 is 10.6 Å². The summed E-state index contributed by atoms with van der Waals surface area (Å²) < 4.78 is 1.83. The van der Waals surface area contributed by atoms with Crippen molar-refractivity contribution in [1.29, 1.82) is 0 Å². The van der Waals surface area contributed by atoms with Gasteiger partial charge in [-0.3, -0.25) is 9.67 Å². The lowest BCUT2D eigenvalue weighted by molar-refractivity contribution is 0.298. The Morgan fingerprint density at radius 3 is 2.52 bits per heavy atom. The van der Waals surface area contributed by atoms with Gasteiger partial charge in [0.05, 0.1) is 12.2 Å². The summed E-state index contributed by atoms with van der Waals surface area (Å²) in [7, 11) is 7.89. The summed E-state index contributed by atoms with van der Waals surface area (Å²) in [6.07, 6.45) is 5.01. The van der Waals surface area contributed by atoms with Gasteiger partial charge in [-0.15, -0.1) is 0 Å². The predicted molar refractivity (Wildman–Crippen MR) is 104 cm³/mol. The van der Waals surface area contributed by atoms with Gasteiger partial charge in [0.15, 0.2) is 5.96 Å². The second kappa shape index (κ2) is 9.22. The summed E-state index contributed by atoms with van der Waals surface area (Å²) in [6, 6.07) is 8.74. The molecule has 1 atom stereocenters. The molecule has 6 nitrogen and oxygen atoms in total. The number of nitrogens with zero attached hydrogens (tertiary/aromatic N) is 4. The van der Waals surface area contributed by atoms with Gasteiger partial charge in [-0.25, -0.2) is 0 Å². The van der Waals surface area contributed by atoms with E-state index in [9.17, 15) is 0 Å². The van der Waals surface area contributed by atoms with Gasteiger partial charge in [-0.1, -0.05) is 31.2 Å². The molecule has 2 N–H and O–H groups in total. The fourth-order valence-electron chi connectivity index (χ4n) is 2.88. The van der Waals surface area contributed by atoms with Crippen molar-refractivity contribution in [3.05, 3.63) is 53.3 Å². The summed E-state index contributed by atoms with van der Waals surface area (Å²) in [5.74, 6) is 0.807. The van der Waals surface area contributed by atoms with Gasteiger partial charge in [0.1, 0.15) is 0 Å². The molecule has 1 heterocycles. The molecule has 6 heteroatoms. The summed E-state index contributed by atoms with van der Waals surface area (Å²) in [4.78, 5) is 6.53. The van der Waals surface area contributed by atoms with E-state index in [1.807, 2.05) is 17.9 Å². The van der Waals surface area contributed by atoms with Crippen LogP contribution in [0.2, 0.25) is 0 Å². The summed E-state index contributed by atoms with van der Waals surface area (Å²) in [5.41, 5.74) is 3.86. The number of guanidine groups is 1. The number of hydrogen-bond donors (Lipinski definition) is 2. The van der Waals surface area contributed by atoms with E-state index >= 15 is 0 Å². The highest BCUT2D eigenvalue weighted by molar-refractivity contribution is 5.79. The Hall–Kier alpha value is -2.34. The Morgan fingerprint density at radius 2 is 1.96 bits per heavy atom. The van der Waals surface area contributed by atoms with E-state index in [2.05, 4.69) is 77.1 Å². The predicted octanol–water partition coefficient (Wildman–Crippen LogP) is 1.95. The fourth-order valence-corrected chi connectivity index (χ4v) is 2.88. The van der Waals surface area contributed by atoms with Gasteiger partial charge in [-0.05, 0) is 31.6 Å². The largest absolute Gasteiger partial charge is 0.354 e. The zero-order valence-corrected chi connectivity index (χ0v) is 16.0. The zero-order valence-electron chi connectivity index (χ0n) is 16.0. The SMILES string of the molecule is CCc1ccccc1CNC(=NC)NCC(c1cnn(C)c1)N(C)C. The van der Waals surface area contributed by atoms with Gasteiger partial charge < -0.3 is 15.5 Å². The molecule has 1 aromatic carbocycles. The minimum atomic E-state index is 0.232. The van der Waals surface area contributed by atoms with E-state index in [1.165, 1.54) is 16.7 Å². The third kappa shape index (κ3) is 5.32. The molecule has 2 aromatic rings. The molecule has 0 saturated carbocycles. The molecule has 0 spiro atoms. The van der Waals surface area contributed by atoms with Gasteiger partial charge in [0.2, 0.25) is 0 Å². The van der Waals surface area contributed by atoms with Crippen molar-refractivity contribution in [2.45, 2.75) is 25.9 Å². The number of benzene rings is 1. The number of likely N-dealkylation sites (N-methyl/N-ethyl adjacent to an activating group) is 1. The third-order valence-corrected chi connectivity index (χ3v) is 4.37. The molecule has 2 rings (SSSR count). The lowest BCUT2D eigenvalue weighted by Crippen LogP contribution is -2.41. The molecule has 0 bridgehead atoms. The maximum atomic E-state index is 4.34. The van der Waals surface area contributed by atoms with Crippen LogP contribution in [-0.2, 0) is 20.0 Å². The number of rotatable bonds is 7. The summed E-state index contributed by atoms with van der Waals surface area (Å²) in [5, 5.41) is 11.1. The molecular formula is C19H30N6. The van der Waals surface area contributed by atoms with Crippen LogP contribution >= 0.6 is 0 Å². The molecule has 1 aromatic heterocycles. The average molecular weight is 342 g/mol. The Balaban J connectivity index is 1.95. The van der Waals surface area contributed by atoms with Crippen molar-refractivity contribution in [3.8, 4) is 0 Å². The monoisotopic (exact) mass is 342 g/mol. The number of nitrogens with one attached hydrogen (secondary N) is 2. The highest BCUT2D eigenvalue weighted by Crippen LogP contribution is 2.16. The topological polar surface area (TPSA) is 57.5 Å². The van der Waals surface area contributed by atoms with Crippen LogP contribution in [0.3, 0.4) is 0 Å². The minimum absolute atomic E-state index is 0.232. The molecule has 0 aliphatic carbocycles. The lowest BCUT2D eigenvalue weighted by atomic mass is 10.1. The zero-order chi connectivity index (χ0) is 18.2. The number of hydrogen-bond acceptors (Lipinski definition) is 3. The lowest BCUT2D eigenvalue weighted by Gasteiger charge is -2.24. The van der Waals surface area contributed by atoms with E-state index in [0.29, 0.717) is 0 Å². The number of aromatic nitrogens is 2. The van der Waals surface area contributed by atoms with Crippen LogP contribution in [0, 0.1) is 0 Å². The molecule has 0 fully saturated rings. The minimum Gasteiger partial charge on any atom is -0.354 e. The third-order valence-electron chi connectivity index (χ3n) is 4.37. The molecule has 0 saturated heterocycles. The van der Waals surface area contributed by atoms with Gasteiger partial charge in [0, 0.05) is 38.9 Å². The quantitative estimate of drug-likeness (QED) is 0.596. The maximum Gasteiger partial charge on any atom is 0.191 e. The normalized spacial score (nSPS) is 13.1. The maximum absolute atomic E-state index is 4.34. The van der Waals surface area contributed by atoms with E-state index in [0.717, 1.165) is 25.5 Å². The van der Waals surface area contributed by atoms with Crippen LogP contribution in [0.4, 0.5) is 0 Å². The second-order valence-corrected chi connectivity index (χ2v) is 6.36. The van der Waals surface area contributed by atoms with Crippen LogP contribution in [-0.4, -0.2) is 48.3 Å². The summed E-state index contributed by atoms with van der Waals surface area (Å²) in [6.45, 7) is 3.71. The van der Waals surface area contributed by atoms with Gasteiger partial charge in [0.25, 0.3) is 0 Å². The molecular weight excluding hydrogens is 312 g/mol. The van der Waals surface area contributed by atoms with Crippen LogP contribution in [0.25, 0.3) is 0 Å². The van der Waals surface area contributed by atoms with Crippen molar-refractivity contribution < 1.29 is 0 Å². The molecule has 0 aliphatic heterocycles. The average Bonchev–Trinajstić information content (AvgIpc) is 3.03. The standard InChI is InChI=1S/C19H30N6/c1-6-15-9-7-8-10-16(15)11-21-19(20-2)22-13-18(24(3)4)17-12-23-25(5)14-17/h7-10,12,14,18H,6,11,13H2,1-5H3,(H2,20,21,22). The second-order valence-electron chi connectivity index (χ2n) is 6.36. The first kappa shape index (κ1) is 19.0. The molecule has 0 aliphatic rings. The highest BCUT2D eigenvalue weighted by atomic mass is 15.3. The van der Waals surface area contributed by atoms with E-state index in [4.69, 9.17) is 0 Å². The van der Waals surface area contributed by atoms with Crippen molar-refractivity contribution in [3.63, 3.8) is 0 Å². The van der Waals surface area contributed by atoms with Crippen LogP contribution in [0.1, 0.15) is 29.7 Å². The number of aliphatic imine (C=N–C) groups is 1. The van der Waals surface area contributed by atoms with Crippen LogP contribution in [0.15, 0.2) is 41.7 Å². The van der Waals surface area contributed by atoms with Crippen molar-refractivity contribution in [2.75, 3.05) is 27.7 Å². The van der Waals surface area contributed by atoms with Crippen molar-refractivity contribution in [1.82, 2.24) is 25.3 Å². The van der Waals surface area contributed by atoms with Gasteiger partial charge in [-0.2, -0.15) is 5.10 Å². The smallest absolute Gasteiger partial charge is 0.191 e. The Bertz CT molecular complexity index is 689. The molecule has 0 amide bonds. The highest BCUT2D eigenvalue weighted by Gasteiger charge is 2.16. The van der Waals surface area contributed by atoms with Crippen molar-refractivity contribution in [2.24, 2.45) is 12.0 Å². The van der Waals surface area contributed by atoms with Gasteiger partial charge >= 0.3 is 0 Å². The van der Waals surface area contributed by atoms with E-state index in [1.54, 1.807) is 7.05 Å². The Kier molecular flexibility index (Phi) is 7.01. The first-order valence-corrected chi connectivity index (χ1v) is 8.71. The first-order valence-electron chi connectivity index (χ1n) is 8.71. The Morgan fingerprint density at radius 1 is 1.24 bits per heavy atom. The molecule has 1 unspecified atom stereocenters. The molecule has 136 valence electrons. The number of aryl methyl sites for hydroxylation is 2. The fraction of sp³-hybridized carbons (Fsp3) is 0.474. The van der Waals surface area contributed by atoms with E-state index < -0.39 is 0 Å².